The highest BCUT2D eigenvalue weighted by atomic mass is 32.1. The van der Waals surface area contributed by atoms with E-state index < -0.39 is 22.7 Å². The van der Waals surface area contributed by atoms with Gasteiger partial charge < -0.3 is 10.7 Å². The third kappa shape index (κ3) is 2.27. The van der Waals surface area contributed by atoms with Gasteiger partial charge in [0.15, 0.2) is 10.7 Å². The average Bonchev–Trinajstić information content (AvgIpc) is 3.01. The largest absolute Gasteiger partial charge is 0.436 e. The number of carbonyl (C=O) groups is 1. The van der Waals surface area contributed by atoms with Gasteiger partial charge in [-0.3, -0.25) is 4.79 Å². The summed E-state index contributed by atoms with van der Waals surface area (Å²) in [6, 6.07) is 7.00. The second-order valence-corrected chi connectivity index (χ2v) is 5.34. The van der Waals surface area contributed by atoms with Gasteiger partial charge in [0.1, 0.15) is 5.00 Å². The minimum absolute atomic E-state index is 0.271. The van der Waals surface area contributed by atoms with Gasteiger partial charge in [0, 0.05) is 17.1 Å². The van der Waals surface area contributed by atoms with Crippen molar-refractivity contribution < 1.29 is 18.0 Å². The fourth-order valence-electron chi connectivity index (χ4n) is 2.01. The van der Waals surface area contributed by atoms with E-state index in [9.17, 15) is 18.0 Å². The summed E-state index contributed by atoms with van der Waals surface area (Å²) in [7, 11) is 0. The van der Waals surface area contributed by atoms with Crippen LogP contribution in [0.5, 0.6) is 0 Å². The Kier molecular flexibility index (Phi) is 2.98. The first-order valence-corrected chi connectivity index (χ1v) is 6.64. The number of nitrogens with zero attached hydrogens (tertiary/aromatic N) is 1. The van der Waals surface area contributed by atoms with Crippen LogP contribution < -0.4 is 5.73 Å². The number of H-pyrrole nitrogens is 1. The highest BCUT2D eigenvalue weighted by Crippen LogP contribution is 2.36. The zero-order valence-corrected chi connectivity index (χ0v) is 11.2. The van der Waals surface area contributed by atoms with Crippen LogP contribution in [0.2, 0.25) is 0 Å². The average molecular weight is 311 g/mol. The third-order valence-electron chi connectivity index (χ3n) is 2.95. The van der Waals surface area contributed by atoms with E-state index in [1.54, 1.807) is 24.3 Å². The molecule has 108 valence electrons. The molecule has 21 heavy (non-hydrogen) atoms. The molecule has 0 amide bonds. The number of thiazole rings is 1. The van der Waals surface area contributed by atoms with Crippen LogP contribution >= 0.6 is 11.3 Å². The molecule has 1 aromatic carbocycles. The first-order valence-electron chi connectivity index (χ1n) is 5.82. The molecule has 0 unspecified atom stereocenters. The first kappa shape index (κ1) is 13.6. The fraction of sp³-hybridized carbons (Fsp3) is 0.0769. The van der Waals surface area contributed by atoms with Gasteiger partial charge in [-0.25, -0.2) is 4.98 Å². The van der Waals surface area contributed by atoms with E-state index in [4.69, 9.17) is 5.73 Å². The normalized spacial score (nSPS) is 12.0. The summed E-state index contributed by atoms with van der Waals surface area (Å²) in [5.74, 6) is -0.584. The molecular formula is C13H8F3N3OS. The Morgan fingerprint density at radius 3 is 2.67 bits per heavy atom. The summed E-state index contributed by atoms with van der Waals surface area (Å²) in [5, 5.41) is -0.153. The Bertz CT molecular complexity index is 835. The summed E-state index contributed by atoms with van der Waals surface area (Å²) in [6.45, 7) is 0. The topological polar surface area (TPSA) is 71.8 Å². The lowest BCUT2D eigenvalue weighted by Crippen LogP contribution is -2.09. The molecule has 0 radical (unpaired) electrons. The van der Waals surface area contributed by atoms with Crippen LogP contribution in [0.15, 0.2) is 30.5 Å². The van der Waals surface area contributed by atoms with E-state index in [1.807, 2.05) is 0 Å². The number of nitrogens with one attached hydrogen (secondary N) is 1. The van der Waals surface area contributed by atoms with E-state index in [-0.39, 0.29) is 10.6 Å². The fourth-order valence-corrected chi connectivity index (χ4v) is 2.81. The Morgan fingerprint density at radius 1 is 1.29 bits per heavy atom. The van der Waals surface area contributed by atoms with E-state index in [1.165, 1.54) is 6.20 Å². The molecule has 0 atom stereocenters. The molecule has 0 saturated heterocycles. The van der Waals surface area contributed by atoms with Crippen LogP contribution in [0.1, 0.15) is 21.1 Å². The predicted octanol–water partition coefficient (Wildman–Crippen LogP) is 3.46. The SMILES string of the molecule is Nc1sc(C(=O)c2c[nH]c3ccccc23)nc1C(F)(F)F. The molecule has 0 aliphatic carbocycles. The minimum Gasteiger partial charge on any atom is -0.389 e. The number of aromatic amines is 1. The number of nitrogen functional groups attached to an aromatic ring is 1. The molecule has 0 bridgehead atoms. The van der Waals surface area contributed by atoms with Gasteiger partial charge in [0.2, 0.25) is 5.78 Å². The predicted molar refractivity (Wildman–Crippen MR) is 73.3 cm³/mol. The minimum atomic E-state index is -4.67. The molecule has 0 spiro atoms. The van der Waals surface area contributed by atoms with Gasteiger partial charge in [0.05, 0.1) is 5.56 Å². The molecule has 0 aliphatic rings. The van der Waals surface area contributed by atoms with E-state index >= 15 is 0 Å². The molecule has 2 aromatic heterocycles. The quantitative estimate of drug-likeness (QED) is 0.712. The van der Waals surface area contributed by atoms with Crippen LogP contribution in [0, 0.1) is 0 Å². The smallest absolute Gasteiger partial charge is 0.389 e. The lowest BCUT2D eigenvalue weighted by molar-refractivity contribution is -0.140. The number of alkyl halides is 3. The van der Waals surface area contributed by atoms with Crippen LogP contribution in [-0.2, 0) is 6.18 Å². The molecule has 0 fully saturated rings. The van der Waals surface area contributed by atoms with Gasteiger partial charge in [-0.1, -0.05) is 29.5 Å². The van der Waals surface area contributed by atoms with Crippen LogP contribution in [0.4, 0.5) is 18.2 Å². The van der Waals surface area contributed by atoms with Crippen molar-refractivity contribution in [1.82, 2.24) is 9.97 Å². The van der Waals surface area contributed by atoms with E-state index in [0.29, 0.717) is 16.7 Å². The van der Waals surface area contributed by atoms with Gasteiger partial charge >= 0.3 is 6.18 Å². The summed E-state index contributed by atoms with van der Waals surface area (Å²) in [5.41, 5.74) is 5.09. The maximum Gasteiger partial charge on any atom is 0.436 e. The number of benzene rings is 1. The summed E-state index contributed by atoms with van der Waals surface area (Å²) in [6.07, 6.45) is -3.21. The first-order chi connectivity index (χ1) is 9.88. The maximum absolute atomic E-state index is 12.7. The Balaban J connectivity index is 2.07. The number of nitrogens with two attached hydrogens (primary N) is 1. The van der Waals surface area contributed by atoms with Crippen molar-refractivity contribution in [2.24, 2.45) is 0 Å². The number of anilines is 1. The molecular weight excluding hydrogens is 303 g/mol. The molecule has 4 nitrogen and oxygen atoms in total. The van der Waals surface area contributed by atoms with Crippen molar-refractivity contribution >= 4 is 33.0 Å². The second kappa shape index (κ2) is 4.59. The van der Waals surface area contributed by atoms with Gasteiger partial charge in [-0.15, -0.1) is 0 Å². The second-order valence-electron chi connectivity index (χ2n) is 4.31. The maximum atomic E-state index is 12.7. The number of hydrogen-bond donors (Lipinski definition) is 2. The number of hydrogen-bond acceptors (Lipinski definition) is 4. The highest BCUT2D eigenvalue weighted by molar-refractivity contribution is 7.17. The zero-order chi connectivity index (χ0) is 15.2. The lowest BCUT2D eigenvalue weighted by Gasteiger charge is -2.01. The monoisotopic (exact) mass is 311 g/mol. The van der Waals surface area contributed by atoms with Crippen LogP contribution in [0.3, 0.4) is 0 Å². The summed E-state index contributed by atoms with van der Waals surface area (Å²) in [4.78, 5) is 18.6. The molecule has 3 aromatic rings. The summed E-state index contributed by atoms with van der Waals surface area (Å²) >= 11 is 0.539. The number of ketones is 1. The number of fused-ring (bicyclic) bond motifs is 1. The van der Waals surface area contributed by atoms with Crippen molar-refractivity contribution in [2.45, 2.75) is 6.18 Å². The van der Waals surface area contributed by atoms with E-state index in [0.717, 1.165) is 5.52 Å². The van der Waals surface area contributed by atoms with Crippen molar-refractivity contribution in [3.05, 3.63) is 46.7 Å². The number of carbonyl (C=O) groups excluding carboxylic acids is 1. The van der Waals surface area contributed by atoms with Crippen molar-refractivity contribution in [3.63, 3.8) is 0 Å². The Morgan fingerprint density at radius 2 is 2.00 bits per heavy atom. The van der Waals surface area contributed by atoms with Crippen molar-refractivity contribution in [3.8, 4) is 0 Å². The highest BCUT2D eigenvalue weighted by Gasteiger charge is 2.38. The Labute approximate surface area is 120 Å². The number of halogens is 3. The zero-order valence-electron chi connectivity index (χ0n) is 10.4. The summed E-state index contributed by atoms with van der Waals surface area (Å²) < 4.78 is 38.0. The van der Waals surface area contributed by atoms with Gasteiger partial charge in [0.25, 0.3) is 0 Å². The molecule has 3 rings (SSSR count). The van der Waals surface area contributed by atoms with Crippen molar-refractivity contribution in [2.75, 3.05) is 5.73 Å². The molecule has 2 heterocycles. The molecule has 8 heteroatoms. The molecule has 0 aliphatic heterocycles. The Hall–Kier alpha value is -2.35. The van der Waals surface area contributed by atoms with E-state index in [2.05, 4.69) is 9.97 Å². The van der Waals surface area contributed by atoms with Crippen LogP contribution in [-0.4, -0.2) is 15.8 Å². The standard InChI is InChI=1S/C13H8F3N3OS/c14-13(15,16)10-11(17)21-12(19-10)9(20)7-5-18-8-4-2-1-3-6(7)8/h1-5,18H,17H2. The lowest BCUT2D eigenvalue weighted by atomic mass is 10.1. The van der Waals surface area contributed by atoms with Crippen molar-refractivity contribution in [1.29, 1.82) is 0 Å². The molecule has 0 saturated carbocycles. The van der Waals surface area contributed by atoms with Gasteiger partial charge in [-0.2, -0.15) is 13.2 Å². The molecule has 3 N–H and O–H groups in total. The van der Waals surface area contributed by atoms with Crippen LogP contribution in [0.25, 0.3) is 10.9 Å². The number of rotatable bonds is 2. The third-order valence-corrected chi connectivity index (χ3v) is 3.83. The van der Waals surface area contributed by atoms with Gasteiger partial charge in [-0.05, 0) is 6.07 Å². The number of aromatic nitrogens is 2. The number of para-hydroxylation sites is 1.